The maximum Gasteiger partial charge on any atom is 0.261 e. The first-order valence-electron chi connectivity index (χ1n) is 12.3. The SMILES string of the molecule is C=C(C)c1c(Oc2ncnc(Nc3ccc(CN4CCN(C)CC4)cn3)c2F)ccc2c1CC(C)N2. The summed E-state index contributed by atoms with van der Waals surface area (Å²) < 4.78 is 21.3. The van der Waals surface area contributed by atoms with Gasteiger partial charge in [0.2, 0.25) is 5.82 Å². The number of ether oxygens (including phenoxy) is 1. The summed E-state index contributed by atoms with van der Waals surface area (Å²) in [6.07, 6.45) is 3.94. The average molecular weight is 490 g/mol. The topological polar surface area (TPSA) is 78.4 Å². The molecule has 4 heterocycles. The Kier molecular flexibility index (Phi) is 6.84. The van der Waals surface area contributed by atoms with E-state index in [1.807, 2.05) is 37.4 Å². The summed E-state index contributed by atoms with van der Waals surface area (Å²) in [5, 5.41) is 6.40. The molecule has 2 N–H and O–H groups in total. The number of halogens is 1. The summed E-state index contributed by atoms with van der Waals surface area (Å²) >= 11 is 0. The number of hydrogen-bond acceptors (Lipinski definition) is 8. The van der Waals surface area contributed by atoms with Crippen LogP contribution in [0.3, 0.4) is 0 Å². The Balaban J connectivity index is 1.31. The Morgan fingerprint density at radius 2 is 1.97 bits per heavy atom. The molecule has 1 aromatic carbocycles. The smallest absolute Gasteiger partial charge is 0.261 e. The van der Waals surface area contributed by atoms with E-state index in [-0.39, 0.29) is 11.7 Å². The molecule has 5 rings (SSSR count). The Bertz CT molecular complexity index is 1260. The molecule has 1 atom stereocenters. The molecule has 3 aromatic rings. The van der Waals surface area contributed by atoms with Gasteiger partial charge in [-0.3, -0.25) is 4.90 Å². The normalized spacial score (nSPS) is 17.9. The van der Waals surface area contributed by atoms with E-state index in [4.69, 9.17) is 4.74 Å². The van der Waals surface area contributed by atoms with Crippen LogP contribution in [0.4, 0.5) is 21.7 Å². The average Bonchev–Trinajstić information content (AvgIpc) is 3.24. The van der Waals surface area contributed by atoms with Gasteiger partial charge in [-0.2, -0.15) is 9.37 Å². The predicted molar refractivity (Wildman–Crippen MR) is 140 cm³/mol. The van der Waals surface area contributed by atoms with Crippen LogP contribution in [-0.2, 0) is 13.0 Å². The largest absolute Gasteiger partial charge is 0.436 e. The second kappa shape index (κ2) is 10.2. The number of anilines is 3. The standard InChI is InChI=1S/C27H32FN7O/c1-17(2)24-20-13-18(3)32-21(20)6-7-22(24)36-27-25(28)26(30-16-31-27)33-23-8-5-19(14-29-23)15-35-11-9-34(4)10-12-35/h5-8,14,16,18,32H,1,9-13,15H2,2-4H3,(H,29,30,31,33). The van der Waals surface area contributed by atoms with Gasteiger partial charge in [0, 0.05) is 56.2 Å². The molecule has 2 aromatic heterocycles. The van der Waals surface area contributed by atoms with Crippen molar-refractivity contribution in [2.24, 2.45) is 0 Å². The summed E-state index contributed by atoms with van der Waals surface area (Å²) in [5.74, 6) is 0.196. The van der Waals surface area contributed by atoms with Crippen LogP contribution in [-0.4, -0.2) is 64.0 Å². The number of allylic oxidation sites excluding steroid dienone is 1. The van der Waals surface area contributed by atoms with Gasteiger partial charge in [0.25, 0.3) is 5.88 Å². The molecule has 36 heavy (non-hydrogen) atoms. The third-order valence-electron chi connectivity index (χ3n) is 6.65. The first kappa shape index (κ1) is 24.1. The van der Waals surface area contributed by atoms with Crippen molar-refractivity contribution in [1.82, 2.24) is 24.8 Å². The van der Waals surface area contributed by atoms with Gasteiger partial charge in [-0.1, -0.05) is 12.6 Å². The number of rotatable bonds is 7. The van der Waals surface area contributed by atoms with Crippen LogP contribution in [0.15, 0.2) is 43.4 Å². The quantitative estimate of drug-likeness (QED) is 0.495. The fourth-order valence-electron chi connectivity index (χ4n) is 4.74. The number of nitrogens with one attached hydrogen (secondary N) is 2. The van der Waals surface area contributed by atoms with Gasteiger partial charge in [-0.05, 0) is 62.2 Å². The van der Waals surface area contributed by atoms with Crippen LogP contribution in [0, 0.1) is 5.82 Å². The Morgan fingerprint density at radius 3 is 2.69 bits per heavy atom. The van der Waals surface area contributed by atoms with Crippen molar-refractivity contribution in [2.75, 3.05) is 43.9 Å². The van der Waals surface area contributed by atoms with E-state index in [9.17, 15) is 0 Å². The van der Waals surface area contributed by atoms with E-state index < -0.39 is 5.82 Å². The lowest BCUT2D eigenvalue weighted by atomic mass is 9.97. The molecular weight excluding hydrogens is 457 g/mol. The molecule has 0 aliphatic carbocycles. The molecular formula is C27H32FN7O. The third kappa shape index (κ3) is 5.17. The van der Waals surface area contributed by atoms with E-state index in [0.717, 1.165) is 67.1 Å². The number of piperazine rings is 1. The Hall–Kier alpha value is -3.56. The first-order chi connectivity index (χ1) is 17.4. The predicted octanol–water partition coefficient (Wildman–Crippen LogP) is 4.68. The molecule has 0 amide bonds. The molecule has 8 nitrogen and oxygen atoms in total. The fraction of sp³-hybridized carbons (Fsp3) is 0.370. The maximum absolute atomic E-state index is 15.3. The zero-order chi connectivity index (χ0) is 25.2. The Labute approximate surface area is 211 Å². The lowest BCUT2D eigenvalue weighted by Gasteiger charge is -2.32. The van der Waals surface area contributed by atoms with Crippen molar-refractivity contribution in [3.63, 3.8) is 0 Å². The number of pyridine rings is 1. The molecule has 2 aliphatic heterocycles. The van der Waals surface area contributed by atoms with Gasteiger partial charge < -0.3 is 20.3 Å². The summed E-state index contributed by atoms with van der Waals surface area (Å²) in [6, 6.07) is 7.93. The molecule has 1 unspecified atom stereocenters. The van der Waals surface area contributed by atoms with Gasteiger partial charge in [0.05, 0.1) is 0 Å². The summed E-state index contributed by atoms with van der Waals surface area (Å²) in [6.45, 7) is 13.2. The van der Waals surface area contributed by atoms with Crippen molar-refractivity contribution in [3.05, 3.63) is 65.9 Å². The molecule has 9 heteroatoms. The minimum atomic E-state index is -0.680. The fourth-order valence-corrected chi connectivity index (χ4v) is 4.74. The molecule has 0 spiro atoms. The van der Waals surface area contributed by atoms with Gasteiger partial charge in [0.1, 0.15) is 17.9 Å². The number of aromatic nitrogens is 3. The summed E-state index contributed by atoms with van der Waals surface area (Å²) in [5.41, 5.74) is 5.03. The lowest BCUT2D eigenvalue weighted by Crippen LogP contribution is -2.43. The zero-order valence-electron chi connectivity index (χ0n) is 21.0. The van der Waals surface area contributed by atoms with E-state index in [0.29, 0.717) is 17.6 Å². The van der Waals surface area contributed by atoms with Crippen LogP contribution < -0.4 is 15.4 Å². The summed E-state index contributed by atoms with van der Waals surface area (Å²) in [4.78, 5) is 17.3. The van der Waals surface area contributed by atoms with E-state index in [1.54, 1.807) is 0 Å². The van der Waals surface area contributed by atoms with Crippen LogP contribution in [0.1, 0.15) is 30.5 Å². The minimum absolute atomic E-state index is 0.00708. The van der Waals surface area contributed by atoms with Gasteiger partial charge in [-0.25, -0.2) is 9.97 Å². The third-order valence-corrected chi connectivity index (χ3v) is 6.65. The van der Waals surface area contributed by atoms with Crippen molar-refractivity contribution in [3.8, 4) is 11.6 Å². The zero-order valence-corrected chi connectivity index (χ0v) is 21.0. The van der Waals surface area contributed by atoms with Gasteiger partial charge in [0.15, 0.2) is 5.82 Å². The van der Waals surface area contributed by atoms with Gasteiger partial charge >= 0.3 is 0 Å². The van der Waals surface area contributed by atoms with Crippen LogP contribution in [0.2, 0.25) is 0 Å². The molecule has 1 fully saturated rings. The Morgan fingerprint density at radius 1 is 1.17 bits per heavy atom. The van der Waals surface area contributed by atoms with E-state index in [1.165, 1.54) is 6.33 Å². The molecule has 0 radical (unpaired) electrons. The van der Waals surface area contributed by atoms with Crippen LogP contribution in [0.5, 0.6) is 11.6 Å². The van der Waals surface area contributed by atoms with E-state index >= 15 is 4.39 Å². The highest BCUT2D eigenvalue weighted by Crippen LogP contribution is 2.40. The highest BCUT2D eigenvalue weighted by atomic mass is 19.1. The number of nitrogens with zero attached hydrogens (tertiary/aromatic N) is 5. The van der Waals surface area contributed by atoms with Crippen molar-refractivity contribution in [2.45, 2.75) is 32.9 Å². The molecule has 188 valence electrons. The monoisotopic (exact) mass is 489 g/mol. The van der Waals surface area contributed by atoms with Crippen molar-refractivity contribution < 1.29 is 9.13 Å². The van der Waals surface area contributed by atoms with Crippen LogP contribution >= 0.6 is 0 Å². The molecule has 2 aliphatic rings. The second-order valence-corrected chi connectivity index (χ2v) is 9.69. The maximum atomic E-state index is 15.3. The minimum Gasteiger partial charge on any atom is -0.436 e. The lowest BCUT2D eigenvalue weighted by molar-refractivity contribution is 0.148. The van der Waals surface area contributed by atoms with Crippen molar-refractivity contribution >= 4 is 22.9 Å². The number of benzene rings is 1. The number of likely N-dealkylation sites (N-methyl/N-ethyl adjacent to an activating group) is 1. The molecule has 1 saturated heterocycles. The first-order valence-corrected chi connectivity index (χ1v) is 12.3. The summed E-state index contributed by atoms with van der Waals surface area (Å²) in [7, 11) is 2.14. The van der Waals surface area contributed by atoms with Gasteiger partial charge in [-0.15, -0.1) is 0 Å². The molecule has 0 bridgehead atoms. The van der Waals surface area contributed by atoms with Crippen molar-refractivity contribution in [1.29, 1.82) is 0 Å². The number of hydrogen-bond donors (Lipinski definition) is 2. The highest BCUT2D eigenvalue weighted by Gasteiger charge is 2.24. The molecule has 0 saturated carbocycles. The second-order valence-electron chi connectivity index (χ2n) is 9.69. The van der Waals surface area contributed by atoms with E-state index in [2.05, 4.69) is 55.9 Å². The van der Waals surface area contributed by atoms with Crippen LogP contribution in [0.25, 0.3) is 5.57 Å². The number of fused-ring (bicyclic) bond motifs is 1. The highest BCUT2D eigenvalue weighted by molar-refractivity contribution is 5.78.